The Bertz CT molecular complexity index is 385. The molecule has 0 aromatic rings. The first kappa shape index (κ1) is 18.0. The zero-order valence-electron chi connectivity index (χ0n) is 13.5. The van der Waals surface area contributed by atoms with Crippen molar-refractivity contribution < 1.29 is 9.90 Å². The molecule has 2 atom stereocenters. The molecule has 0 radical (unpaired) electrons. The van der Waals surface area contributed by atoms with Crippen LogP contribution in [0.5, 0.6) is 0 Å². The van der Waals surface area contributed by atoms with Crippen molar-refractivity contribution in [2.45, 2.75) is 57.8 Å². The Morgan fingerprint density at radius 1 is 1.18 bits per heavy atom. The fourth-order valence-corrected chi connectivity index (χ4v) is 5.01. The average molecular weight is 331 g/mol. The van der Waals surface area contributed by atoms with Gasteiger partial charge in [0.2, 0.25) is 5.91 Å². The Hall–Kier alpha value is -0.320. The third kappa shape index (κ3) is 3.29. The number of aliphatic hydroxyl groups excluding tert-OH is 1. The number of halogens is 1. The molecular formula is C17H31ClN2O2. The maximum Gasteiger partial charge on any atom is 0.227 e. The Kier molecular flexibility index (Phi) is 6.14. The lowest BCUT2D eigenvalue weighted by atomic mass is 9.67. The van der Waals surface area contributed by atoms with E-state index < -0.39 is 0 Å². The zero-order chi connectivity index (χ0) is 14.8. The molecule has 0 aromatic carbocycles. The maximum absolute atomic E-state index is 12.9. The molecule has 1 heterocycles. The Labute approximate surface area is 140 Å². The lowest BCUT2D eigenvalue weighted by Crippen LogP contribution is -2.50. The number of carbonyl (C=O) groups is 1. The Morgan fingerprint density at radius 2 is 1.91 bits per heavy atom. The molecule has 128 valence electrons. The minimum atomic E-state index is -0.142. The van der Waals surface area contributed by atoms with Crippen LogP contribution >= 0.6 is 12.4 Å². The number of aliphatic hydroxyl groups is 1. The molecule has 1 saturated heterocycles. The van der Waals surface area contributed by atoms with E-state index in [0.29, 0.717) is 5.92 Å². The van der Waals surface area contributed by atoms with Crippen LogP contribution in [0.4, 0.5) is 0 Å². The van der Waals surface area contributed by atoms with Crippen LogP contribution in [0, 0.1) is 16.7 Å². The minimum Gasteiger partial charge on any atom is -0.396 e. The van der Waals surface area contributed by atoms with E-state index in [0.717, 1.165) is 45.3 Å². The highest BCUT2D eigenvalue weighted by molar-refractivity contribution is 5.85. The van der Waals surface area contributed by atoms with Crippen LogP contribution in [0.1, 0.15) is 57.8 Å². The summed E-state index contributed by atoms with van der Waals surface area (Å²) in [6.45, 7) is 2.87. The molecular weight excluding hydrogens is 300 g/mol. The third-order valence-corrected chi connectivity index (χ3v) is 6.42. The monoisotopic (exact) mass is 330 g/mol. The van der Waals surface area contributed by atoms with Gasteiger partial charge in [0.05, 0.1) is 5.41 Å². The molecule has 1 amide bonds. The van der Waals surface area contributed by atoms with E-state index >= 15 is 0 Å². The Morgan fingerprint density at radius 3 is 2.64 bits per heavy atom. The van der Waals surface area contributed by atoms with Gasteiger partial charge in [-0.2, -0.15) is 0 Å². The average Bonchev–Trinajstić information content (AvgIpc) is 3.13. The van der Waals surface area contributed by atoms with Gasteiger partial charge in [0.15, 0.2) is 0 Å². The molecule has 2 aliphatic carbocycles. The summed E-state index contributed by atoms with van der Waals surface area (Å²) < 4.78 is 0. The Balaban J connectivity index is 0.00000176. The molecule has 3 rings (SSSR count). The summed E-state index contributed by atoms with van der Waals surface area (Å²) in [6.07, 6.45) is 10.3. The van der Waals surface area contributed by atoms with Crippen LogP contribution in [0.2, 0.25) is 0 Å². The van der Waals surface area contributed by atoms with Gasteiger partial charge in [0.25, 0.3) is 0 Å². The molecule has 1 aliphatic heterocycles. The summed E-state index contributed by atoms with van der Waals surface area (Å²) in [6, 6.07) is 0. The fraction of sp³-hybridized carbons (Fsp3) is 0.941. The highest BCUT2D eigenvalue weighted by atomic mass is 35.5. The number of hydrogen-bond donors (Lipinski definition) is 3. The van der Waals surface area contributed by atoms with Crippen molar-refractivity contribution in [3.8, 4) is 0 Å². The molecule has 4 nitrogen and oxygen atoms in total. The van der Waals surface area contributed by atoms with Crippen LogP contribution in [-0.2, 0) is 4.79 Å². The smallest absolute Gasteiger partial charge is 0.227 e. The van der Waals surface area contributed by atoms with Crippen LogP contribution in [0.15, 0.2) is 0 Å². The molecule has 3 fully saturated rings. The maximum atomic E-state index is 12.9. The molecule has 0 aromatic heterocycles. The van der Waals surface area contributed by atoms with Gasteiger partial charge in [0, 0.05) is 19.7 Å². The molecule has 0 bridgehead atoms. The predicted molar refractivity (Wildman–Crippen MR) is 90.1 cm³/mol. The van der Waals surface area contributed by atoms with E-state index in [4.69, 9.17) is 0 Å². The number of carbonyl (C=O) groups excluding carboxylic acids is 1. The second-order valence-electron chi connectivity index (χ2n) is 7.59. The van der Waals surface area contributed by atoms with Crippen molar-refractivity contribution in [3.63, 3.8) is 0 Å². The highest BCUT2D eigenvalue weighted by Gasteiger charge is 2.50. The lowest BCUT2D eigenvalue weighted by Gasteiger charge is -2.38. The quantitative estimate of drug-likeness (QED) is 0.724. The summed E-state index contributed by atoms with van der Waals surface area (Å²) >= 11 is 0. The van der Waals surface area contributed by atoms with Crippen molar-refractivity contribution in [3.05, 3.63) is 0 Å². The molecule has 3 N–H and O–H groups in total. The van der Waals surface area contributed by atoms with Crippen molar-refractivity contribution >= 4 is 18.3 Å². The number of nitrogens with one attached hydrogen (secondary N) is 2. The van der Waals surface area contributed by atoms with Crippen molar-refractivity contribution in [1.82, 2.24) is 10.6 Å². The van der Waals surface area contributed by atoms with Crippen molar-refractivity contribution in [2.24, 2.45) is 16.7 Å². The first-order valence-electron chi connectivity index (χ1n) is 8.81. The molecule has 22 heavy (non-hydrogen) atoms. The molecule has 5 heteroatoms. The van der Waals surface area contributed by atoms with Gasteiger partial charge in [-0.25, -0.2) is 0 Å². The molecule has 0 unspecified atom stereocenters. The van der Waals surface area contributed by atoms with Gasteiger partial charge >= 0.3 is 0 Å². The van der Waals surface area contributed by atoms with E-state index in [1.807, 2.05) is 0 Å². The number of amides is 1. The number of rotatable bonds is 5. The van der Waals surface area contributed by atoms with E-state index in [1.54, 1.807) is 0 Å². The van der Waals surface area contributed by atoms with Crippen LogP contribution < -0.4 is 10.6 Å². The summed E-state index contributed by atoms with van der Waals surface area (Å²) in [5.41, 5.74) is 0.0223. The van der Waals surface area contributed by atoms with Crippen LogP contribution in [0.3, 0.4) is 0 Å². The van der Waals surface area contributed by atoms with Gasteiger partial charge in [-0.1, -0.05) is 25.7 Å². The second-order valence-corrected chi connectivity index (χ2v) is 7.59. The third-order valence-electron chi connectivity index (χ3n) is 6.42. The normalized spacial score (nSPS) is 33.0. The summed E-state index contributed by atoms with van der Waals surface area (Å²) in [7, 11) is 0. The van der Waals surface area contributed by atoms with Gasteiger partial charge in [0.1, 0.15) is 0 Å². The number of fused-ring (bicyclic) bond motifs is 1. The first-order valence-corrected chi connectivity index (χ1v) is 8.81. The van der Waals surface area contributed by atoms with E-state index in [-0.39, 0.29) is 35.8 Å². The zero-order valence-corrected chi connectivity index (χ0v) is 14.3. The SMILES string of the molecule is Cl.O=C(NCC1(CCO)CCCC1)[C@@]12CCCC[C@H]1CNC2. The van der Waals surface area contributed by atoms with Gasteiger partial charge in [-0.05, 0) is 50.0 Å². The van der Waals surface area contributed by atoms with E-state index in [1.165, 1.54) is 32.1 Å². The minimum absolute atomic E-state index is 0. The lowest BCUT2D eigenvalue weighted by molar-refractivity contribution is -0.134. The van der Waals surface area contributed by atoms with Gasteiger partial charge < -0.3 is 15.7 Å². The largest absolute Gasteiger partial charge is 0.396 e. The van der Waals surface area contributed by atoms with Crippen LogP contribution in [-0.4, -0.2) is 37.3 Å². The van der Waals surface area contributed by atoms with Gasteiger partial charge in [-0.15, -0.1) is 12.4 Å². The standard InChI is InChI=1S/C17H30N2O2.ClH/c20-10-9-16(6-3-4-7-16)12-19-15(21)17-8-2-1-5-14(17)11-18-13-17;/h14,18,20H,1-13H2,(H,19,21);1H/t14-,17+;/m0./s1. The van der Waals surface area contributed by atoms with Crippen molar-refractivity contribution in [1.29, 1.82) is 0 Å². The summed E-state index contributed by atoms with van der Waals surface area (Å²) in [4.78, 5) is 12.9. The topological polar surface area (TPSA) is 61.4 Å². The molecule has 2 saturated carbocycles. The fourth-order valence-electron chi connectivity index (χ4n) is 5.01. The van der Waals surface area contributed by atoms with Crippen LogP contribution in [0.25, 0.3) is 0 Å². The molecule has 3 aliphatic rings. The summed E-state index contributed by atoms with van der Waals surface area (Å²) in [5, 5.41) is 16.1. The van der Waals surface area contributed by atoms with Gasteiger partial charge in [-0.3, -0.25) is 4.79 Å². The molecule has 0 spiro atoms. The van der Waals surface area contributed by atoms with E-state index in [2.05, 4.69) is 10.6 Å². The second kappa shape index (κ2) is 7.50. The summed E-state index contributed by atoms with van der Waals surface area (Å²) in [5.74, 6) is 0.810. The van der Waals surface area contributed by atoms with E-state index in [9.17, 15) is 9.90 Å². The first-order chi connectivity index (χ1) is 10.2. The highest BCUT2D eigenvalue weighted by Crippen LogP contribution is 2.45. The number of hydrogen-bond acceptors (Lipinski definition) is 3. The van der Waals surface area contributed by atoms with Crippen molar-refractivity contribution in [2.75, 3.05) is 26.2 Å². The predicted octanol–water partition coefficient (Wildman–Crippen LogP) is 2.25.